The zero-order chi connectivity index (χ0) is 15.4. The van der Waals surface area contributed by atoms with Gasteiger partial charge in [0.25, 0.3) is 0 Å². The molecule has 1 N–H and O–H groups in total. The van der Waals surface area contributed by atoms with Gasteiger partial charge in [-0.3, -0.25) is 4.79 Å². The molecule has 1 aromatic heterocycles. The first-order valence-corrected chi connectivity index (χ1v) is 8.58. The van der Waals surface area contributed by atoms with Gasteiger partial charge in [-0.25, -0.2) is 0 Å². The van der Waals surface area contributed by atoms with Gasteiger partial charge in [-0.05, 0) is 39.5 Å². The topological polar surface area (TPSA) is 66.6 Å². The lowest BCUT2D eigenvalue weighted by Gasteiger charge is -2.37. The van der Waals surface area contributed by atoms with Crippen LogP contribution in [0, 0.1) is 19.8 Å². The van der Waals surface area contributed by atoms with Crippen molar-refractivity contribution in [3.05, 3.63) is 17.0 Å². The summed E-state index contributed by atoms with van der Waals surface area (Å²) in [6, 6.07) is 0.278. The van der Waals surface area contributed by atoms with Gasteiger partial charge in [0.05, 0.1) is 11.4 Å². The summed E-state index contributed by atoms with van der Waals surface area (Å²) in [5, 5.41) is 13.2. The van der Waals surface area contributed by atoms with Gasteiger partial charge >= 0.3 is 0 Å². The van der Waals surface area contributed by atoms with Crippen LogP contribution in [0.3, 0.4) is 0 Å². The Bertz CT molecular complexity index is 470. The second-order valence-corrected chi connectivity index (χ2v) is 6.80. The molecule has 21 heavy (non-hydrogen) atoms. The fourth-order valence-electron chi connectivity index (χ4n) is 2.71. The minimum absolute atomic E-state index is 0.164. The van der Waals surface area contributed by atoms with Crippen LogP contribution in [-0.4, -0.2) is 46.0 Å². The summed E-state index contributed by atoms with van der Waals surface area (Å²) in [6.07, 6.45) is 1.99. The van der Waals surface area contributed by atoms with Crippen LogP contribution < -0.4 is 0 Å². The number of carbonyl (C=O) groups excluding carboxylic acids is 1. The highest BCUT2D eigenvalue weighted by Crippen LogP contribution is 2.24. The molecule has 1 amide bonds. The highest BCUT2D eigenvalue weighted by Gasteiger charge is 2.28. The lowest BCUT2D eigenvalue weighted by Crippen LogP contribution is -2.47. The number of likely N-dealkylation sites (tertiary alicyclic amines) is 1. The lowest BCUT2D eigenvalue weighted by atomic mass is 9.94. The molecule has 1 aliphatic heterocycles. The molecule has 0 spiro atoms. The van der Waals surface area contributed by atoms with Crippen molar-refractivity contribution >= 4 is 17.7 Å². The Morgan fingerprint density at radius 2 is 2.24 bits per heavy atom. The third-order valence-electron chi connectivity index (χ3n) is 4.21. The summed E-state index contributed by atoms with van der Waals surface area (Å²) in [4.78, 5) is 14.3. The van der Waals surface area contributed by atoms with Gasteiger partial charge in [0.2, 0.25) is 5.91 Å². The van der Waals surface area contributed by atoms with Crippen LogP contribution in [0.2, 0.25) is 0 Å². The molecule has 6 heteroatoms. The van der Waals surface area contributed by atoms with Crippen LogP contribution in [-0.2, 0) is 10.5 Å². The van der Waals surface area contributed by atoms with Crippen LogP contribution in [0.1, 0.15) is 36.8 Å². The molecular weight excluding hydrogens is 288 g/mol. The van der Waals surface area contributed by atoms with Crippen LogP contribution in [0.15, 0.2) is 4.52 Å². The summed E-state index contributed by atoms with van der Waals surface area (Å²) in [7, 11) is 0. The largest absolute Gasteiger partial charge is 0.396 e. The van der Waals surface area contributed by atoms with Crippen molar-refractivity contribution in [1.82, 2.24) is 10.1 Å². The number of hydrogen-bond acceptors (Lipinski definition) is 5. The van der Waals surface area contributed by atoms with E-state index in [4.69, 9.17) is 4.52 Å². The van der Waals surface area contributed by atoms with Crippen molar-refractivity contribution in [2.45, 2.75) is 45.4 Å². The Hall–Kier alpha value is -1.01. The maximum absolute atomic E-state index is 12.4. The minimum atomic E-state index is 0.164. The summed E-state index contributed by atoms with van der Waals surface area (Å²) < 4.78 is 5.13. The van der Waals surface area contributed by atoms with Gasteiger partial charge in [-0.1, -0.05) is 5.16 Å². The van der Waals surface area contributed by atoms with E-state index in [0.29, 0.717) is 12.3 Å². The fraction of sp³-hybridized carbons (Fsp3) is 0.733. The number of rotatable bonds is 5. The molecule has 0 aromatic carbocycles. The molecule has 1 fully saturated rings. The first-order valence-electron chi connectivity index (χ1n) is 7.42. The van der Waals surface area contributed by atoms with Gasteiger partial charge in [-0.15, -0.1) is 11.8 Å². The predicted molar refractivity (Wildman–Crippen MR) is 83.1 cm³/mol. The molecule has 0 aliphatic carbocycles. The van der Waals surface area contributed by atoms with E-state index in [9.17, 15) is 9.90 Å². The third kappa shape index (κ3) is 4.01. The van der Waals surface area contributed by atoms with Crippen LogP contribution in [0.4, 0.5) is 0 Å². The molecule has 2 atom stereocenters. The van der Waals surface area contributed by atoms with E-state index in [0.717, 1.165) is 35.6 Å². The SMILES string of the molecule is Cc1noc(C)c1CSCC(=O)N1CC(CO)CCC1C. The van der Waals surface area contributed by atoms with E-state index < -0.39 is 0 Å². The molecule has 5 nitrogen and oxygen atoms in total. The Kier molecular flexibility index (Phi) is 5.70. The number of aliphatic hydroxyl groups excluding tert-OH is 1. The number of amides is 1. The third-order valence-corrected chi connectivity index (χ3v) is 5.16. The summed E-state index contributed by atoms with van der Waals surface area (Å²) in [6.45, 7) is 6.76. The van der Waals surface area contributed by atoms with Gasteiger partial charge in [0, 0.05) is 30.5 Å². The molecule has 1 saturated heterocycles. The van der Waals surface area contributed by atoms with Crippen molar-refractivity contribution in [1.29, 1.82) is 0 Å². The van der Waals surface area contributed by atoms with Gasteiger partial charge in [-0.2, -0.15) is 0 Å². The number of thioether (sulfide) groups is 1. The molecule has 2 unspecified atom stereocenters. The summed E-state index contributed by atoms with van der Waals surface area (Å²) in [5.41, 5.74) is 1.99. The first-order chi connectivity index (χ1) is 10.0. The van der Waals surface area contributed by atoms with E-state index in [1.165, 1.54) is 0 Å². The van der Waals surface area contributed by atoms with E-state index in [-0.39, 0.29) is 24.5 Å². The van der Waals surface area contributed by atoms with Crippen LogP contribution in [0.25, 0.3) is 0 Å². The van der Waals surface area contributed by atoms with Crippen molar-refractivity contribution in [2.75, 3.05) is 18.9 Å². The summed E-state index contributed by atoms with van der Waals surface area (Å²) >= 11 is 1.60. The zero-order valence-corrected chi connectivity index (χ0v) is 13.8. The van der Waals surface area contributed by atoms with E-state index in [2.05, 4.69) is 12.1 Å². The first kappa shape index (κ1) is 16.4. The Labute approximate surface area is 130 Å². The van der Waals surface area contributed by atoms with Gasteiger partial charge < -0.3 is 14.5 Å². The normalized spacial score (nSPS) is 22.6. The Balaban J connectivity index is 1.84. The molecular formula is C15H24N2O3S. The zero-order valence-electron chi connectivity index (χ0n) is 13.0. The van der Waals surface area contributed by atoms with E-state index in [1.54, 1.807) is 11.8 Å². The van der Waals surface area contributed by atoms with E-state index in [1.807, 2.05) is 18.7 Å². The van der Waals surface area contributed by atoms with Crippen LogP contribution >= 0.6 is 11.8 Å². The molecule has 0 saturated carbocycles. The highest BCUT2D eigenvalue weighted by atomic mass is 32.2. The number of aryl methyl sites for hydroxylation is 2. The maximum Gasteiger partial charge on any atom is 0.232 e. The molecule has 2 rings (SSSR count). The second kappa shape index (κ2) is 7.31. The van der Waals surface area contributed by atoms with Crippen molar-refractivity contribution in [3.63, 3.8) is 0 Å². The second-order valence-electron chi connectivity index (χ2n) is 5.82. The van der Waals surface area contributed by atoms with E-state index >= 15 is 0 Å². The summed E-state index contributed by atoms with van der Waals surface area (Å²) in [5.74, 6) is 2.44. The van der Waals surface area contributed by atoms with Crippen molar-refractivity contribution in [3.8, 4) is 0 Å². The maximum atomic E-state index is 12.4. The monoisotopic (exact) mass is 312 g/mol. The molecule has 0 radical (unpaired) electrons. The number of piperidine rings is 1. The number of aliphatic hydroxyl groups is 1. The van der Waals surface area contributed by atoms with Gasteiger partial charge in [0.15, 0.2) is 0 Å². The Morgan fingerprint density at radius 3 is 2.86 bits per heavy atom. The minimum Gasteiger partial charge on any atom is -0.396 e. The Morgan fingerprint density at radius 1 is 1.48 bits per heavy atom. The molecule has 2 heterocycles. The molecule has 118 valence electrons. The fourth-order valence-corrected chi connectivity index (χ4v) is 3.77. The molecule has 1 aliphatic rings. The van der Waals surface area contributed by atoms with Crippen molar-refractivity contribution < 1.29 is 14.4 Å². The van der Waals surface area contributed by atoms with Gasteiger partial charge in [0.1, 0.15) is 5.76 Å². The standard InChI is InChI=1S/C15H24N2O3S/c1-10-4-5-13(7-18)6-17(10)15(19)9-21-8-14-11(2)16-20-12(14)3/h10,13,18H,4-9H2,1-3H3. The average Bonchev–Trinajstić information content (AvgIpc) is 2.79. The average molecular weight is 312 g/mol. The highest BCUT2D eigenvalue weighted by molar-refractivity contribution is 7.99. The number of aromatic nitrogens is 1. The quantitative estimate of drug-likeness (QED) is 0.902. The smallest absolute Gasteiger partial charge is 0.232 e. The number of carbonyl (C=O) groups is 1. The number of hydrogen-bond donors (Lipinski definition) is 1. The number of nitrogens with zero attached hydrogens (tertiary/aromatic N) is 2. The van der Waals surface area contributed by atoms with Crippen LogP contribution in [0.5, 0.6) is 0 Å². The molecule has 0 bridgehead atoms. The predicted octanol–water partition coefficient (Wildman–Crippen LogP) is 2.14. The van der Waals surface area contributed by atoms with Crippen molar-refractivity contribution in [2.24, 2.45) is 5.92 Å². The molecule has 1 aromatic rings. The lowest BCUT2D eigenvalue weighted by molar-refractivity contribution is -0.133.